The number of rotatable bonds is 0. The molecule has 2 fully saturated rings. The van der Waals surface area contributed by atoms with Gasteiger partial charge in [-0.1, -0.05) is 13.8 Å². The lowest BCUT2D eigenvalue weighted by molar-refractivity contribution is 0.124. The molecule has 0 aromatic rings. The van der Waals surface area contributed by atoms with E-state index in [1.54, 1.807) is 0 Å². The van der Waals surface area contributed by atoms with E-state index in [4.69, 9.17) is 0 Å². The second-order valence-electron chi connectivity index (χ2n) is 3.59. The third-order valence-corrected chi connectivity index (χ3v) is 2.79. The van der Waals surface area contributed by atoms with Gasteiger partial charge in [0.05, 0.1) is 0 Å². The molecular formula is C12H26N2. The molecule has 0 bridgehead atoms. The van der Waals surface area contributed by atoms with Crippen molar-refractivity contribution in [1.29, 1.82) is 0 Å². The number of hydrogen-bond acceptors (Lipinski definition) is 2. The lowest BCUT2D eigenvalue weighted by Crippen LogP contribution is -2.48. The van der Waals surface area contributed by atoms with Crippen molar-refractivity contribution in [2.75, 3.05) is 33.2 Å². The third-order valence-electron chi connectivity index (χ3n) is 2.79. The zero-order chi connectivity index (χ0) is 11.0. The first-order valence-electron chi connectivity index (χ1n) is 5.79. The Hall–Kier alpha value is -0.340. The summed E-state index contributed by atoms with van der Waals surface area (Å²) in [6, 6.07) is 0.902. The second-order valence-corrected chi connectivity index (χ2v) is 3.59. The highest BCUT2D eigenvalue weighted by atomic mass is 15.3. The average molecular weight is 198 g/mol. The summed E-state index contributed by atoms with van der Waals surface area (Å²) in [6.45, 7) is 15.2. The number of hydrogen-bond donors (Lipinski definition) is 0. The van der Waals surface area contributed by atoms with Crippen LogP contribution in [-0.2, 0) is 0 Å². The molecule has 0 saturated carbocycles. The van der Waals surface area contributed by atoms with E-state index in [1.807, 2.05) is 13.8 Å². The van der Waals surface area contributed by atoms with Crippen LogP contribution in [0.2, 0.25) is 0 Å². The summed E-state index contributed by atoms with van der Waals surface area (Å²) in [5.41, 5.74) is 0. The van der Waals surface area contributed by atoms with Gasteiger partial charge in [0.15, 0.2) is 0 Å². The van der Waals surface area contributed by atoms with Crippen LogP contribution in [0.4, 0.5) is 0 Å². The van der Waals surface area contributed by atoms with Crippen LogP contribution < -0.4 is 0 Å². The molecule has 0 spiro atoms. The second kappa shape index (κ2) is 8.01. The van der Waals surface area contributed by atoms with Gasteiger partial charge in [-0.05, 0) is 26.4 Å². The summed E-state index contributed by atoms with van der Waals surface area (Å²) in [4.78, 5) is 5.09. The summed E-state index contributed by atoms with van der Waals surface area (Å²) >= 11 is 0. The van der Waals surface area contributed by atoms with E-state index in [1.165, 1.54) is 39.0 Å². The first-order valence-corrected chi connectivity index (χ1v) is 5.79. The van der Waals surface area contributed by atoms with Crippen LogP contribution in [0, 0.1) is 0 Å². The number of nitrogens with zero attached hydrogens (tertiary/aromatic N) is 2. The van der Waals surface area contributed by atoms with Gasteiger partial charge in [-0.15, -0.1) is 13.2 Å². The molecule has 2 heteroatoms. The summed E-state index contributed by atoms with van der Waals surface area (Å²) in [5, 5.41) is 0. The fourth-order valence-corrected chi connectivity index (χ4v) is 2.15. The molecule has 0 aliphatic carbocycles. The van der Waals surface area contributed by atoms with E-state index in [0.717, 1.165) is 6.04 Å². The maximum absolute atomic E-state index is 3.00. The van der Waals surface area contributed by atoms with Crippen LogP contribution in [0.25, 0.3) is 0 Å². The Balaban J connectivity index is 0.000000379. The van der Waals surface area contributed by atoms with Gasteiger partial charge in [0.25, 0.3) is 0 Å². The highest BCUT2D eigenvalue weighted by molar-refractivity contribution is 4.85. The highest BCUT2D eigenvalue weighted by Crippen LogP contribution is 2.20. The highest BCUT2D eigenvalue weighted by Gasteiger charge is 2.28. The lowest BCUT2D eigenvalue weighted by Gasteiger charge is -2.35. The van der Waals surface area contributed by atoms with E-state index in [-0.39, 0.29) is 0 Å². The normalized spacial score (nSPS) is 26.6. The minimum Gasteiger partial charge on any atom is -0.304 e. The number of likely N-dealkylation sites (N-methyl/N-ethyl adjacent to an activating group) is 1. The van der Waals surface area contributed by atoms with Crippen molar-refractivity contribution < 1.29 is 0 Å². The van der Waals surface area contributed by atoms with Crippen molar-refractivity contribution in [3.05, 3.63) is 13.2 Å². The van der Waals surface area contributed by atoms with Crippen LogP contribution in [0.15, 0.2) is 13.2 Å². The molecule has 0 aromatic heterocycles. The first-order chi connectivity index (χ1) is 6.86. The van der Waals surface area contributed by atoms with Gasteiger partial charge >= 0.3 is 0 Å². The van der Waals surface area contributed by atoms with Gasteiger partial charge in [0.1, 0.15) is 0 Å². The predicted octanol–water partition coefficient (Wildman–Crippen LogP) is 2.22. The largest absolute Gasteiger partial charge is 0.304 e. The lowest BCUT2D eigenvalue weighted by atomic mass is 10.2. The molecule has 2 aliphatic heterocycles. The molecule has 2 rings (SSSR count). The van der Waals surface area contributed by atoms with Gasteiger partial charge in [-0.3, -0.25) is 4.90 Å². The van der Waals surface area contributed by atoms with Crippen molar-refractivity contribution in [1.82, 2.24) is 9.80 Å². The molecule has 2 heterocycles. The van der Waals surface area contributed by atoms with Crippen LogP contribution in [-0.4, -0.2) is 49.1 Å². The smallest absolute Gasteiger partial charge is 0.0224 e. The summed E-state index contributed by atoms with van der Waals surface area (Å²) in [7, 11) is 2.23. The van der Waals surface area contributed by atoms with Gasteiger partial charge < -0.3 is 4.90 Å². The van der Waals surface area contributed by atoms with Crippen LogP contribution in [0.3, 0.4) is 0 Å². The maximum Gasteiger partial charge on any atom is 0.0224 e. The van der Waals surface area contributed by atoms with Gasteiger partial charge in [-0.2, -0.15) is 0 Å². The molecule has 2 nitrogen and oxygen atoms in total. The van der Waals surface area contributed by atoms with Crippen molar-refractivity contribution in [2.24, 2.45) is 0 Å². The topological polar surface area (TPSA) is 6.48 Å². The fraction of sp³-hybridized carbons (Fsp3) is 0.833. The summed E-state index contributed by atoms with van der Waals surface area (Å²) < 4.78 is 0. The van der Waals surface area contributed by atoms with Crippen LogP contribution in [0.5, 0.6) is 0 Å². The molecule has 0 amide bonds. The minimum atomic E-state index is 0.902. The molecule has 1 atom stereocenters. The molecule has 84 valence electrons. The molecule has 0 radical (unpaired) electrons. The third kappa shape index (κ3) is 3.81. The molecule has 1 unspecified atom stereocenters. The Kier molecular flexibility index (Phi) is 7.81. The van der Waals surface area contributed by atoms with E-state index >= 15 is 0 Å². The maximum atomic E-state index is 3.00. The van der Waals surface area contributed by atoms with Gasteiger partial charge in [0, 0.05) is 25.7 Å². The first kappa shape index (κ1) is 13.7. The molecule has 0 N–H and O–H groups in total. The zero-order valence-electron chi connectivity index (χ0n) is 10.1. The standard InChI is InChI=1S/C8H16N2.C2H6.C2H4/c1-9-5-6-10-4-2-3-8(10)7-9;2*1-2/h8H,2-7H2,1H3;1-2H3;1-2H2. The Morgan fingerprint density at radius 3 is 2.36 bits per heavy atom. The van der Waals surface area contributed by atoms with E-state index in [9.17, 15) is 0 Å². The Morgan fingerprint density at radius 2 is 1.71 bits per heavy atom. The van der Waals surface area contributed by atoms with Crippen molar-refractivity contribution >= 4 is 0 Å². The van der Waals surface area contributed by atoms with E-state index < -0.39 is 0 Å². The van der Waals surface area contributed by atoms with Crippen LogP contribution >= 0.6 is 0 Å². The monoisotopic (exact) mass is 198 g/mol. The van der Waals surface area contributed by atoms with Gasteiger partial charge in [-0.25, -0.2) is 0 Å². The Morgan fingerprint density at radius 1 is 1.07 bits per heavy atom. The zero-order valence-corrected chi connectivity index (χ0v) is 10.1. The van der Waals surface area contributed by atoms with Crippen molar-refractivity contribution in [3.8, 4) is 0 Å². The summed E-state index contributed by atoms with van der Waals surface area (Å²) in [6.07, 6.45) is 2.86. The van der Waals surface area contributed by atoms with Gasteiger partial charge in [0.2, 0.25) is 0 Å². The Bertz CT molecular complexity index is 136. The fourth-order valence-electron chi connectivity index (χ4n) is 2.15. The molecule has 14 heavy (non-hydrogen) atoms. The van der Waals surface area contributed by atoms with Crippen molar-refractivity contribution in [2.45, 2.75) is 32.7 Å². The van der Waals surface area contributed by atoms with E-state index in [0.29, 0.717) is 0 Å². The van der Waals surface area contributed by atoms with Crippen molar-refractivity contribution in [3.63, 3.8) is 0 Å². The Labute approximate surface area is 89.6 Å². The molecule has 2 aliphatic rings. The molecular weight excluding hydrogens is 172 g/mol. The number of piperazine rings is 1. The van der Waals surface area contributed by atoms with Crippen LogP contribution in [0.1, 0.15) is 26.7 Å². The predicted molar refractivity (Wildman–Crippen MR) is 64.7 cm³/mol. The average Bonchev–Trinajstić information content (AvgIpc) is 2.71. The minimum absolute atomic E-state index is 0.902. The molecule has 0 aromatic carbocycles. The van der Waals surface area contributed by atoms with E-state index in [2.05, 4.69) is 30.0 Å². The quantitative estimate of drug-likeness (QED) is 0.551. The molecule has 2 saturated heterocycles. The number of fused-ring (bicyclic) bond motifs is 1. The summed E-state index contributed by atoms with van der Waals surface area (Å²) in [5.74, 6) is 0. The SMILES string of the molecule is C=C.CC.CN1CCN2CCCC2C1.